The molecule has 0 unspecified atom stereocenters. The third-order valence-corrected chi connectivity index (χ3v) is 4.20. The van der Waals surface area contributed by atoms with E-state index >= 15 is 0 Å². The second-order valence-corrected chi connectivity index (χ2v) is 8.68. The highest BCUT2D eigenvalue weighted by Crippen LogP contribution is 2.29. The highest BCUT2D eigenvalue weighted by molar-refractivity contribution is 6.01. The molecule has 1 amide bonds. The van der Waals surface area contributed by atoms with E-state index in [1.807, 2.05) is 22.9 Å². The minimum Gasteiger partial charge on any atom is -0.493 e. The SMILES string of the molecule is COc1ccc(/C=C/C(=O)Nc2cc(C(C)(C)C)nn2C(C)(C)C)cc1OC. The molecule has 0 aliphatic carbocycles. The average molecular weight is 386 g/mol. The van der Waals surface area contributed by atoms with Crippen molar-refractivity contribution in [2.45, 2.75) is 52.5 Å². The molecule has 0 saturated carbocycles. The molecular weight excluding hydrogens is 354 g/mol. The van der Waals surface area contributed by atoms with E-state index in [-0.39, 0.29) is 16.9 Å². The van der Waals surface area contributed by atoms with Crippen molar-refractivity contribution in [3.05, 3.63) is 41.6 Å². The van der Waals surface area contributed by atoms with Gasteiger partial charge >= 0.3 is 0 Å². The lowest BCUT2D eigenvalue weighted by Crippen LogP contribution is -2.27. The first-order valence-corrected chi connectivity index (χ1v) is 9.28. The maximum absolute atomic E-state index is 12.5. The summed E-state index contributed by atoms with van der Waals surface area (Å²) < 4.78 is 12.4. The third kappa shape index (κ3) is 5.15. The zero-order chi connectivity index (χ0) is 21.1. The number of nitrogens with zero attached hydrogens (tertiary/aromatic N) is 2. The molecule has 0 atom stereocenters. The zero-order valence-corrected chi connectivity index (χ0v) is 18.1. The Kier molecular flexibility index (Phi) is 6.22. The second-order valence-electron chi connectivity index (χ2n) is 8.68. The molecule has 0 fully saturated rings. The van der Waals surface area contributed by atoms with E-state index in [0.717, 1.165) is 11.3 Å². The van der Waals surface area contributed by atoms with Crippen molar-refractivity contribution in [3.63, 3.8) is 0 Å². The van der Waals surface area contributed by atoms with Crippen LogP contribution in [0.4, 0.5) is 5.82 Å². The summed E-state index contributed by atoms with van der Waals surface area (Å²) in [6, 6.07) is 7.43. The molecule has 28 heavy (non-hydrogen) atoms. The molecule has 0 radical (unpaired) electrons. The first-order chi connectivity index (χ1) is 13.0. The van der Waals surface area contributed by atoms with Crippen LogP contribution in [0.1, 0.15) is 52.8 Å². The van der Waals surface area contributed by atoms with Crippen molar-refractivity contribution >= 4 is 17.8 Å². The lowest BCUT2D eigenvalue weighted by molar-refractivity contribution is -0.111. The van der Waals surface area contributed by atoms with Crippen molar-refractivity contribution in [2.24, 2.45) is 0 Å². The topological polar surface area (TPSA) is 65.4 Å². The smallest absolute Gasteiger partial charge is 0.249 e. The summed E-state index contributed by atoms with van der Waals surface area (Å²) in [5, 5.41) is 7.66. The summed E-state index contributed by atoms with van der Waals surface area (Å²) in [6.45, 7) is 12.5. The van der Waals surface area contributed by atoms with E-state index in [0.29, 0.717) is 17.3 Å². The van der Waals surface area contributed by atoms with Crippen LogP contribution in [0.2, 0.25) is 0 Å². The number of carbonyl (C=O) groups is 1. The number of aromatic nitrogens is 2. The summed E-state index contributed by atoms with van der Waals surface area (Å²) in [5.41, 5.74) is 1.42. The number of hydrogen-bond donors (Lipinski definition) is 1. The molecule has 0 saturated heterocycles. The van der Waals surface area contributed by atoms with Crippen LogP contribution >= 0.6 is 0 Å². The highest BCUT2D eigenvalue weighted by atomic mass is 16.5. The Morgan fingerprint density at radius 3 is 2.21 bits per heavy atom. The Labute approximate surface area is 167 Å². The van der Waals surface area contributed by atoms with Crippen LogP contribution in [-0.2, 0) is 15.7 Å². The molecule has 6 heteroatoms. The number of ether oxygens (including phenoxy) is 2. The van der Waals surface area contributed by atoms with Crippen molar-refractivity contribution < 1.29 is 14.3 Å². The number of carbonyl (C=O) groups excluding carboxylic acids is 1. The standard InChI is InChI=1S/C22H31N3O3/c1-21(2,3)18-14-19(25(24-18)22(4,5)6)23-20(26)12-10-15-9-11-16(27-7)17(13-15)28-8/h9-14H,1-8H3,(H,23,26)/b12-10+. The summed E-state index contributed by atoms with van der Waals surface area (Å²) in [6.07, 6.45) is 3.23. The molecule has 1 aromatic carbocycles. The molecule has 2 aromatic rings. The fourth-order valence-electron chi connectivity index (χ4n) is 2.64. The van der Waals surface area contributed by atoms with Gasteiger partial charge in [0.2, 0.25) is 5.91 Å². The largest absolute Gasteiger partial charge is 0.493 e. The Morgan fingerprint density at radius 2 is 1.68 bits per heavy atom. The van der Waals surface area contributed by atoms with E-state index in [2.05, 4.69) is 46.9 Å². The number of amides is 1. The van der Waals surface area contributed by atoms with Gasteiger partial charge in [0.25, 0.3) is 0 Å². The Balaban J connectivity index is 2.23. The molecule has 152 valence electrons. The van der Waals surface area contributed by atoms with Crippen LogP contribution in [0.3, 0.4) is 0 Å². The minimum atomic E-state index is -0.251. The summed E-state index contributed by atoms with van der Waals surface area (Å²) >= 11 is 0. The van der Waals surface area contributed by atoms with Crippen molar-refractivity contribution in [1.29, 1.82) is 0 Å². The van der Waals surface area contributed by atoms with Gasteiger partial charge in [-0.2, -0.15) is 5.10 Å². The number of methoxy groups -OCH3 is 2. The molecule has 6 nitrogen and oxygen atoms in total. The average Bonchev–Trinajstić information content (AvgIpc) is 3.04. The van der Waals surface area contributed by atoms with Gasteiger partial charge in [-0.3, -0.25) is 4.79 Å². The molecule has 0 aliphatic heterocycles. The summed E-state index contributed by atoms with van der Waals surface area (Å²) in [5.74, 6) is 1.72. The van der Waals surface area contributed by atoms with E-state index in [9.17, 15) is 4.79 Å². The Hall–Kier alpha value is -2.76. The van der Waals surface area contributed by atoms with Gasteiger partial charge in [-0.15, -0.1) is 0 Å². The van der Waals surface area contributed by atoms with Gasteiger partial charge < -0.3 is 14.8 Å². The molecule has 1 aromatic heterocycles. The minimum absolute atomic E-state index is 0.106. The van der Waals surface area contributed by atoms with Gasteiger partial charge in [-0.05, 0) is 44.5 Å². The quantitative estimate of drug-likeness (QED) is 0.764. The van der Waals surface area contributed by atoms with Gasteiger partial charge in [-0.25, -0.2) is 4.68 Å². The van der Waals surface area contributed by atoms with Crippen LogP contribution in [0.25, 0.3) is 6.08 Å². The van der Waals surface area contributed by atoms with E-state index in [1.54, 1.807) is 26.4 Å². The summed E-state index contributed by atoms with van der Waals surface area (Å²) in [7, 11) is 3.17. The van der Waals surface area contributed by atoms with Gasteiger partial charge in [0.1, 0.15) is 5.82 Å². The van der Waals surface area contributed by atoms with Crippen molar-refractivity contribution in [2.75, 3.05) is 19.5 Å². The third-order valence-electron chi connectivity index (χ3n) is 4.20. The molecule has 0 bridgehead atoms. The number of hydrogen-bond acceptors (Lipinski definition) is 4. The van der Waals surface area contributed by atoms with Crippen molar-refractivity contribution in [3.8, 4) is 11.5 Å². The lowest BCUT2D eigenvalue weighted by Gasteiger charge is -2.22. The first kappa shape index (κ1) is 21.5. The van der Waals surface area contributed by atoms with Gasteiger partial charge in [0.05, 0.1) is 25.5 Å². The number of anilines is 1. The monoisotopic (exact) mass is 385 g/mol. The van der Waals surface area contributed by atoms with E-state index < -0.39 is 0 Å². The fourth-order valence-corrected chi connectivity index (χ4v) is 2.64. The highest BCUT2D eigenvalue weighted by Gasteiger charge is 2.25. The van der Waals surface area contributed by atoms with E-state index in [1.165, 1.54) is 6.08 Å². The van der Waals surface area contributed by atoms with Crippen LogP contribution in [0.15, 0.2) is 30.3 Å². The molecule has 0 aliphatic rings. The number of benzene rings is 1. The van der Waals surface area contributed by atoms with Gasteiger partial charge in [0.15, 0.2) is 11.5 Å². The molecule has 0 spiro atoms. The molecule has 1 N–H and O–H groups in total. The van der Waals surface area contributed by atoms with Crippen LogP contribution < -0.4 is 14.8 Å². The van der Waals surface area contributed by atoms with Gasteiger partial charge in [-0.1, -0.05) is 26.8 Å². The predicted molar refractivity (Wildman–Crippen MR) is 113 cm³/mol. The van der Waals surface area contributed by atoms with Crippen LogP contribution in [-0.4, -0.2) is 29.9 Å². The zero-order valence-electron chi connectivity index (χ0n) is 18.1. The molecule has 1 heterocycles. The normalized spacial score (nSPS) is 12.3. The molecular formula is C22H31N3O3. The van der Waals surface area contributed by atoms with Crippen LogP contribution in [0.5, 0.6) is 11.5 Å². The fraction of sp³-hybridized carbons (Fsp3) is 0.455. The number of nitrogens with one attached hydrogen (secondary N) is 1. The Bertz CT molecular complexity index is 868. The van der Waals surface area contributed by atoms with Crippen molar-refractivity contribution in [1.82, 2.24) is 9.78 Å². The van der Waals surface area contributed by atoms with Gasteiger partial charge in [0, 0.05) is 17.6 Å². The lowest BCUT2D eigenvalue weighted by atomic mass is 9.92. The molecule has 2 rings (SSSR count). The predicted octanol–water partition coefficient (Wildman–Crippen LogP) is 4.60. The first-order valence-electron chi connectivity index (χ1n) is 9.28. The Morgan fingerprint density at radius 1 is 1.04 bits per heavy atom. The number of rotatable bonds is 5. The summed E-state index contributed by atoms with van der Waals surface area (Å²) in [4.78, 5) is 12.5. The van der Waals surface area contributed by atoms with Crippen LogP contribution in [0, 0.1) is 0 Å². The van der Waals surface area contributed by atoms with E-state index in [4.69, 9.17) is 14.6 Å². The maximum Gasteiger partial charge on any atom is 0.249 e. The maximum atomic E-state index is 12.5. The second kappa shape index (κ2) is 8.09.